The minimum atomic E-state index is -3.89. The third-order valence-corrected chi connectivity index (χ3v) is 2.44. The Hall–Kier alpha value is 0.930. The van der Waals surface area contributed by atoms with Crippen LogP contribution in [0.1, 0.15) is 6.92 Å². The second kappa shape index (κ2) is 6.45. The second-order valence-corrected chi connectivity index (χ2v) is 4.47. The van der Waals surface area contributed by atoms with Gasteiger partial charge in [0, 0.05) is 42.2 Å². The van der Waals surface area contributed by atoms with Crippen molar-refractivity contribution in [3.8, 4) is 0 Å². The second-order valence-electron chi connectivity index (χ2n) is 1.63. The van der Waals surface area contributed by atoms with Gasteiger partial charge in [0.2, 0.25) is 0 Å². The molecule has 0 spiro atoms. The number of thioether (sulfide) groups is 1. The van der Waals surface area contributed by atoms with E-state index in [0.29, 0.717) is 0 Å². The van der Waals surface area contributed by atoms with Crippen LogP contribution in [0.2, 0.25) is 0 Å². The van der Waals surface area contributed by atoms with E-state index in [1.807, 2.05) is 0 Å². The molecule has 0 aromatic heterocycles. The molecule has 0 aromatic rings. The Morgan fingerprint density at radius 2 is 2.00 bits per heavy atom. The molecule has 0 aliphatic heterocycles. The average Bonchev–Trinajstić information content (AvgIpc) is 1.59. The summed E-state index contributed by atoms with van der Waals surface area (Å²) < 4.78 is 28.3. The molecule has 0 rings (SSSR count). The Morgan fingerprint density at radius 3 is 2.27 bits per heavy atom. The van der Waals surface area contributed by atoms with E-state index >= 15 is 0 Å². The van der Waals surface area contributed by atoms with E-state index in [-0.39, 0.29) is 46.2 Å². The molecule has 0 saturated heterocycles. The van der Waals surface area contributed by atoms with Gasteiger partial charge in [-0.2, -0.15) is 8.42 Å². The molecule has 0 saturated carbocycles. The predicted molar refractivity (Wildman–Crippen MR) is 45.3 cm³/mol. The van der Waals surface area contributed by atoms with Gasteiger partial charge in [0.1, 0.15) is 0 Å². The predicted octanol–water partition coefficient (Wildman–Crippen LogP) is -0.227. The molecule has 0 unspecified atom stereocenters. The van der Waals surface area contributed by atoms with Gasteiger partial charge in [-0.05, 0) is 0 Å². The van der Waals surface area contributed by atoms with Crippen LogP contribution in [-0.4, -0.2) is 59.1 Å². The summed E-state index contributed by atoms with van der Waals surface area (Å²) in [5, 5.41) is -0.149. The summed E-state index contributed by atoms with van der Waals surface area (Å²) in [6.07, 6.45) is 0. The van der Waals surface area contributed by atoms with Gasteiger partial charge in [-0.25, -0.2) is 0 Å². The number of carbonyl (C=O) groups excluding carboxylic acids is 1. The molecule has 7 heteroatoms. The Kier molecular flexibility index (Phi) is 8.47. The van der Waals surface area contributed by atoms with Crippen LogP contribution in [0.25, 0.3) is 0 Å². The zero-order valence-corrected chi connectivity index (χ0v) is 10.0. The van der Waals surface area contributed by atoms with Crippen molar-refractivity contribution < 1.29 is 17.8 Å². The van der Waals surface area contributed by atoms with E-state index < -0.39 is 10.1 Å². The molecular formula is C4H8NaO4S2. The van der Waals surface area contributed by atoms with Crippen molar-refractivity contribution in [3.05, 3.63) is 0 Å². The van der Waals surface area contributed by atoms with Crippen LogP contribution in [0, 0.1) is 0 Å². The monoisotopic (exact) mass is 207 g/mol. The molecule has 61 valence electrons. The molecule has 1 radical (unpaired) electrons. The van der Waals surface area contributed by atoms with Crippen molar-refractivity contribution in [2.75, 3.05) is 11.5 Å². The van der Waals surface area contributed by atoms with Crippen LogP contribution < -0.4 is 0 Å². The Morgan fingerprint density at radius 1 is 1.55 bits per heavy atom. The summed E-state index contributed by atoms with van der Waals surface area (Å²) in [7, 11) is -3.89. The van der Waals surface area contributed by atoms with Crippen LogP contribution >= 0.6 is 11.8 Å². The molecule has 1 N–H and O–H groups in total. The smallest absolute Gasteiger partial charge is 0.265 e. The molecule has 4 nitrogen and oxygen atoms in total. The van der Waals surface area contributed by atoms with E-state index in [0.717, 1.165) is 11.8 Å². The number of carbonyl (C=O) groups is 1. The van der Waals surface area contributed by atoms with Gasteiger partial charge in [-0.3, -0.25) is 9.35 Å². The maximum Gasteiger partial charge on any atom is 0.265 e. The maximum atomic E-state index is 10.2. The Balaban J connectivity index is 0. The molecular weight excluding hydrogens is 199 g/mol. The first kappa shape index (κ1) is 14.5. The molecule has 0 amide bonds. The number of hydrogen-bond donors (Lipinski definition) is 1. The SMILES string of the molecule is CC(=O)SCCS(=O)(=O)O.[Na]. The van der Waals surface area contributed by atoms with E-state index in [9.17, 15) is 13.2 Å². The van der Waals surface area contributed by atoms with Crippen LogP contribution in [0.4, 0.5) is 0 Å². The Labute approximate surface area is 92.2 Å². The normalized spacial score (nSPS) is 10.4. The largest absolute Gasteiger partial charge is 0.288 e. The molecule has 0 bridgehead atoms. The van der Waals surface area contributed by atoms with Crippen molar-refractivity contribution in [1.29, 1.82) is 0 Å². The van der Waals surface area contributed by atoms with E-state index in [1.54, 1.807) is 0 Å². The van der Waals surface area contributed by atoms with Gasteiger partial charge < -0.3 is 0 Å². The fourth-order valence-electron chi connectivity index (χ4n) is 0.291. The van der Waals surface area contributed by atoms with Gasteiger partial charge in [-0.15, -0.1) is 0 Å². The molecule has 0 heterocycles. The fourth-order valence-corrected chi connectivity index (χ4v) is 1.75. The minimum absolute atomic E-state index is 0. The minimum Gasteiger partial charge on any atom is -0.288 e. The van der Waals surface area contributed by atoms with E-state index in [4.69, 9.17) is 4.55 Å². The first-order chi connectivity index (χ1) is 4.42. The third-order valence-electron chi connectivity index (χ3n) is 0.647. The van der Waals surface area contributed by atoms with E-state index in [2.05, 4.69) is 0 Å². The summed E-state index contributed by atoms with van der Waals surface area (Å²) >= 11 is 0.880. The van der Waals surface area contributed by atoms with Gasteiger partial charge in [0.15, 0.2) is 5.12 Å². The Bertz CT molecular complexity index is 210. The van der Waals surface area contributed by atoms with Crippen molar-refractivity contribution in [2.45, 2.75) is 6.92 Å². The first-order valence-corrected chi connectivity index (χ1v) is 5.10. The summed E-state index contributed by atoms with van der Waals surface area (Å²) in [6, 6.07) is 0. The van der Waals surface area contributed by atoms with Crippen molar-refractivity contribution >= 4 is 56.6 Å². The number of hydrogen-bond acceptors (Lipinski definition) is 4. The molecule has 11 heavy (non-hydrogen) atoms. The van der Waals surface area contributed by atoms with E-state index in [1.165, 1.54) is 6.92 Å². The molecule has 0 atom stereocenters. The summed E-state index contributed by atoms with van der Waals surface area (Å²) in [6.45, 7) is 1.34. The average molecular weight is 207 g/mol. The molecule has 0 aliphatic carbocycles. The molecule has 0 fully saturated rings. The summed E-state index contributed by atoms with van der Waals surface area (Å²) in [4.78, 5) is 10.2. The number of rotatable bonds is 3. The van der Waals surface area contributed by atoms with Crippen LogP contribution in [0.15, 0.2) is 0 Å². The van der Waals surface area contributed by atoms with Crippen molar-refractivity contribution in [1.82, 2.24) is 0 Å². The van der Waals surface area contributed by atoms with Crippen molar-refractivity contribution in [3.63, 3.8) is 0 Å². The molecule has 0 aromatic carbocycles. The first-order valence-electron chi connectivity index (χ1n) is 2.50. The van der Waals surface area contributed by atoms with Crippen LogP contribution in [0.5, 0.6) is 0 Å². The maximum absolute atomic E-state index is 10.2. The summed E-state index contributed by atoms with van der Waals surface area (Å²) in [5.41, 5.74) is 0. The summed E-state index contributed by atoms with van der Waals surface area (Å²) in [5.74, 6) is -0.245. The van der Waals surface area contributed by atoms with Gasteiger partial charge in [-0.1, -0.05) is 11.8 Å². The van der Waals surface area contributed by atoms with Gasteiger partial charge >= 0.3 is 0 Å². The standard InChI is InChI=1S/C4H8O4S2.Na/c1-4(5)9-2-3-10(6,7)8;/h2-3H2,1H3,(H,6,7,8);. The fraction of sp³-hybridized carbons (Fsp3) is 0.750. The quantitative estimate of drug-likeness (QED) is 0.511. The van der Waals surface area contributed by atoms with Gasteiger partial charge in [0.25, 0.3) is 10.1 Å². The van der Waals surface area contributed by atoms with Crippen molar-refractivity contribution in [2.24, 2.45) is 0 Å². The van der Waals surface area contributed by atoms with Crippen LogP contribution in [-0.2, 0) is 14.9 Å². The topological polar surface area (TPSA) is 71.4 Å². The zero-order valence-electron chi connectivity index (χ0n) is 6.40. The van der Waals surface area contributed by atoms with Gasteiger partial charge in [0.05, 0.1) is 5.75 Å². The zero-order chi connectivity index (χ0) is 8.20. The molecule has 0 aliphatic rings. The van der Waals surface area contributed by atoms with Crippen LogP contribution in [0.3, 0.4) is 0 Å². The third kappa shape index (κ3) is 13.9.